The highest BCUT2D eigenvalue weighted by Crippen LogP contribution is 2.36. The van der Waals surface area contributed by atoms with E-state index in [0.29, 0.717) is 28.9 Å². The molecule has 4 aromatic rings. The van der Waals surface area contributed by atoms with Crippen molar-refractivity contribution in [3.8, 4) is 22.3 Å². The molecular formula is C27H20Cl2N2O3S2. The molecule has 0 saturated heterocycles. The van der Waals surface area contributed by atoms with Crippen molar-refractivity contribution in [1.29, 1.82) is 0 Å². The molecule has 9 heteroatoms. The van der Waals surface area contributed by atoms with E-state index in [0.717, 1.165) is 32.8 Å². The second kappa shape index (κ2) is 12.1. The standard InChI is InChI=1S/C27H20Cl2N2O3S2/c1-2-34-14-19(22-10-8-20(28)11-23(22)29)13-30-24-12-25(36-26(24)27(32)33)18-6-3-17(4-7-18)5-9-21-15-35-16-31-21/h3-4,6-8,10-12,14-16,30H,2,13H2,1H3,(H,32,33). The second-order valence-corrected chi connectivity index (χ2v) is 10.1. The molecule has 2 aromatic carbocycles. The van der Waals surface area contributed by atoms with Gasteiger partial charge in [0.2, 0.25) is 0 Å². The van der Waals surface area contributed by atoms with E-state index >= 15 is 0 Å². The molecule has 2 N–H and O–H groups in total. The van der Waals surface area contributed by atoms with Crippen LogP contribution < -0.4 is 5.32 Å². The van der Waals surface area contributed by atoms with Crippen molar-refractivity contribution in [1.82, 2.24) is 4.98 Å². The number of anilines is 1. The van der Waals surface area contributed by atoms with E-state index in [4.69, 9.17) is 27.9 Å². The van der Waals surface area contributed by atoms with Crippen LogP contribution >= 0.6 is 45.9 Å². The zero-order valence-electron chi connectivity index (χ0n) is 19.0. The normalized spacial score (nSPS) is 11.0. The zero-order chi connectivity index (χ0) is 25.5. The summed E-state index contributed by atoms with van der Waals surface area (Å²) in [5.74, 6) is 5.11. The molecule has 0 aliphatic heterocycles. The molecule has 0 radical (unpaired) electrons. The van der Waals surface area contributed by atoms with Gasteiger partial charge in [0, 0.05) is 43.5 Å². The topological polar surface area (TPSA) is 71.5 Å². The van der Waals surface area contributed by atoms with Gasteiger partial charge >= 0.3 is 5.97 Å². The van der Waals surface area contributed by atoms with Crippen LogP contribution in [0.5, 0.6) is 0 Å². The Hall–Kier alpha value is -3.28. The summed E-state index contributed by atoms with van der Waals surface area (Å²) in [5, 5.41) is 16.0. The summed E-state index contributed by atoms with van der Waals surface area (Å²) in [7, 11) is 0. The van der Waals surface area contributed by atoms with Crippen LogP contribution in [0.25, 0.3) is 16.0 Å². The maximum atomic E-state index is 12.0. The Morgan fingerprint density at radius 2 is 1.97 bits per heavy atom. The lowest BCUT2D eigenvalue weighted by molar-refractivity contribution is 0.0703. The summed E-state index contributed by atoms with van der Waals surface area (Å²) < 4.78 is 5.51. The third-order valence-electron chi connectivity index (χ3n) is 5.00. The number of ether oxygens (including phenoxy) is 1. The molecule has 0 fully saturated rings. The summed E-state index contributed by atoms with van der Waals surface area (Å²) >= 11 is 15.2. The van der Waals surface area contributed by atoms with Crippen LogP contribution in [0.15, 0.2) is 65.7 Å². The van der Waals surface area contributed by atoms with Gasteiger partial charge in [-0.1, -0.05) is 47.3 Å². The minimum absolute atomic E-state index is 0.218. The Labute approximate surface area is 227 Å². The molecule has 0 saturated carbocycles. The van der Waals surface area contributed by atoms with Gasteiger partial charge in [0.15, 0.2) is 0 Å². The number of carboxylic acid groups (broad SMARTS) is 1. The molecule has 0 unspecified atom stereocenters. The van der Waals surface area contributed by atoms with Crippen molar-refractivity contribution in [2.75, 3.05) is 18.5 Å². The van der Waals surface area contributed by atoms with Crippen molar-refractivity contribution in [2.45, 2.75) is 6.92 Å². The van der Waals surface area contributed by atoms with Gasteiger partial charge in [0.1, 0.15) is 10.6 Å². The molecule has 0 spiro atoms. The average Bonchev–Trinajstić information content (AvgIpc) is 3.54. The summed E-state index contributed by atoms with van der Waals surface area (Å²) in [6.07, 6.45) is 1.63. The zero-order valence-corrected chi connectivity index (χ0v) is 22.2. The fourth-order valence-corrected chi connectivity index (χ4v) is 5.27. The highest BCUT2D eigenvalue weighted by molar-refractivity contribution is 7.18. The molecule has 2 aromatic heterocycles. The fraction of sp³-hybridized carbons (Fsp3) is 0.111. The predicted molar refractivity (Wildman–Crippen MR) is 149 cm³/mol. The Kier molecular flexibility index (Phi) is 8.68. The number of carbonyl (C=O) groups is 1. The molecular weight excluding hydrogens is 535 g/mol. The average molecular weight is 556 g/mol. The lowest BCUT2D eigenvalue weighted by Crippen LogP contribution is -2.08. The Bertz CT molecular complexity index is 1450. The van der Waals surface area contributed by atoms with Crippen molar-refractivity contribution in [3.63, 3.8) is 0 Å². The number of aromatic nitrogens is 1. The van der Waals surface area contributed by atoms with E-state index in [1.165, 1.54) is 22.7 Å². The molecule has 0 bridgehead atoms. The first-order valence-electron chi connectivity index (χ1n) is 10.8. The van der Waals surface area contributed by atoms with E-state index in [-0.39, 0.29) is 4.88 Å². The Balaban J connectivity index is 1.56. The third kappa shape index (κ3) is 6.48. The smallest absolute Gasteiger partial charge is 0.348 e. The van der Waals surface area contributed by atoms with Crippen molar-refractivity contribution in [2.24, 2.45) is 0 Å². The van der Waals surface area contributed by atoms with Gasteiger partial charge in [-0.05, 0) is 48.7 Å². The summed E-state index contributed by atoms with van der Waals surface area (Å²) in [5.41, 5.74) is 6.28. The molecule has 4 rings (SSSR count). The van der Waals surface area contributed by atoms with Crippen LogP contribution in [-0.2, 0) is 4.74 Å². The number of thiophene rings is 1. The summed E-state index contributed by atoms with van der Waals surface area (Å²) in [6, 6.07) is 14.7. The Morgan fingerprint density at radius 1 is 1.17 bits per heavy atom. The van der Waals surface area contributed by atoms with E-state index in [1.807, 2.05) is 48.7 Å². The van der Waals surface area contributed by atoms with E-state index in [1.54, 1.807) is 23.9 Å². The van der Waals surface area contributed by atoms with Crippen LogP contribution in [0, 0.1) is 11.8 Å². The highest BCUT2D eigenvalue weighted by Gasteiger charge is 2.17. The fourth-order valence-electron chi connectivity index (χ4n) is 3.28. The summed E-state index contributed by atoms with van der Waals surface area (Å²) in [4.78, 5) is 17.2. The molecule has 0 atom stereocenters. The van der Waals surface area contributed by atoms with Crippen LogP contribution in [0.1, 0.15) is 33.4 Å². The maximum absolute atomic E-state index is 12.0. The molecule has 182 valence electrons. The number of thiazole rings is 1. The van der Waals surface area contributed by atoms with Crippen LogP contribution in [0.3, 0.4) is 0 Å². The number of benzene rings is 2. The minimum Gasteiger partial charge on any atom is -0.501 e. The number of aromatic carboxylic acids is 1. The SMILES string of the molecule is CCOC=C(CNc1cc(-c2ccc(C#Cc3cscn3)cc2)sc1C(=O)O)c1ccc(Cl)cc1Cl. The van der Waals surface area contributed by atoms with Gasteiger partial charge < -0.3 is 15.2 Å². The first kappa shape index (κ1) is 25.8. The van der Waals surface area contributed by atoms with Crippen molar-refractivity contribution >= 4 is 63.1 Å². The number of hydrogen-bond acceptors (Lipinski definition) is 6. The number of halogens is 2. The largest absolute Gasteiger partial charge is 0.501 e. The minimum atomic E-state index is -1.00. The van der Waals surface area contributed by atoms with Crippen molar-refractivity contribution in [3.05, 3.63) is 97.4 Å². The summed E-state index contributed by atoms with van der Waals surface area (Å²) in [6.45, 7) is 2.68. The number of carboxylic acids is 1. The second-order valence-electron chi connectivity index (χ2n) is 7.44. The van der Waals surface area contributed by atoms with Crippen LogP contribution in [0.4, 0.5) is 5.69 Å². The molecule has 5 nitrogen and oxygen atoms in total. The first-order valence-corrected chi connectivity index (χ1v) is 13.3. The number of rotatable bonds is 8. The molecule has 36 heavy (non-hydrogen) atoms. The van der Waals surface area contributed by atoms with Gasteiger partial charge in [-0.2, -0.15) is 0 Å². The first-order chi connectivity index (χ1) is 17.4. The van der Waals surface area contributed by atoms with Gasteiger partial charge in [-0.15, -0.1) is 22.7 Å². The number of hydrogen-bond donors (Lipinski definition) is 2. The Morgan fingerprint density at radius 3 is 2.64 bits per heavy atom. The van der Waals surface area contributed by atoms with E-state index < -0.39 is 5.97 Å². The molecule has 0 aliphatic rings. The van der Waals surface area contributed by atoms with Crippen molar-refractivity contribution < 1.29 is 14.6 Å². The third-order valence-corrected chi connectivity index (χ3v) is 7.31. The monoisotopic (exact) mass is 554 g/mol. The maximum Gasteiger partial charge on any atom is 0.348 e. The molecule has 0 aliphatic carbocycles. The molecule has 2 heterocycles. The number of nitrogens with one attached hydrogen (secondary N) is 1. The van der Waals surface area contributed by atoms with Gasteiger partial charge in [-0.25, -0.2) is 9.78 Å². The van der Waals surface area contributed by atoms with Gasteiger partial charge in [0.25, 0.3) is 0 Å². The lowest BCUT2D eigenvalue weighted by Gasteiger charge is -2.12. The van der Waals surface area contributed by atoms with Crippen LogP contribution in [0.2, 0.25) is 10.0 Å². The quantitative estimate of drug-likeness (QED) is 0.172. The van der Waals surface area contributed by atoms with Gasteiger partial charge in [-0.3, -0.25) is 0 Å². The van der Waals surface area contributed by atoms with E-state index in [9.17, 15) is 9.90 Å². The van der Waals surface area contributed by atoms with E-state index in [2.05, 4.69) is 22.1 Å². The number of nitrogens with zero attached hydrogens (tertiary/aromatic N) is 1. The van der Waals surface area contributed by atoms with Crippen LogP contribution in [-0.4, -0.2) is 29.2 Å². The predicted octanol–water partition coefficient (Wildman–Crippen LogP) is 7.77. The lowest BCUT2D eigenvalue weighted by atomic mass is 10.1. The van der Waals surface area contributed by atoms with Gasteiger partial charge in [0.05, 0.1) is 24.1 Å². The highest BCUT2D eigenvalue weighted by atomic mass is 35.5. The molecule has 0 amide bonds.